The Kier molecular flexibility index (Phi) is 3.19. The lowest BCUT2D eigenvalue weighted by Gasteiger charge is -2.09. The van der Waals surface area contributed by atoms with E-state index in [2.05, 4.69) is 9.97 Å². The smallest absolute Gasteiger partial charge is 0.138 e. The van der Waals surface area contributed by atoms with Crippen LogP contribution in [0.15, 0.2) is 24.4 Å². The van der Waals surface area contributed by atoms with Gasteiger partial charge in [0.2, 0.25) is 0 Å². The summed E-state index contributed by atoms with van der Waals surface area (Å²) in [5.74, 6) is 0.637. The number of anilines is 1. The van der Waals surface area contributed by atoms with Crippen molar-refractivity contribution in [2.45, 2.75) is 26.5 Å². The highest BCUT2D eigenvalue weighted by Gasteiger charge is 2.16. The summed E-state index contributed by atoms with van der Waals surface area (Å²) in [7, 11) is 0. The average molecular weight is 288 g/mol. The van der Waals surface area contributed by atoms with E-state index in [9.17, 15) is 5.11 Å². The summed E-state index contributed by atoms with van der Waals surface area (Å²) >= 11 is 1.65. The first-order valence-corrected chi connectivity index (χ1v) is 7.21. The van der Waals surface area contributed by atoms with Gasteiger partial charge in [0.25, 0.3) is 0 Å². The maximum absolute atomic E-state index is 9.93. The minimum absolute atomic E-state index is 0.610. The van der Waals surface area contributed by atoms with Crippen LogP contribution in [-0.2, 0) is 6.54 Å². The van der Waals surface area contributed by atoms with Crippen molar-refractivity contribution in [2.75, 3.05) is 5.73 Å². The lowest BCUT2D eigenvalue weighted by atomic mass is 10.3. The quantitative estimate of drug-likeness (QED) is 0.726. The minimum Gasteiger partial charge on any atom is -0.399 e. The van der Waals surface area contributed by atoms with Crippen molar-refractivity contribution in [1.29, 1.82) is 0 Å². The monoisotopic (exact) mass is 288 g/mol. The standard InChI is InChI=1S/C14H16N4OS/c1-8-6-16-13(20-8)7-18-12-4-3-10(15)5-11(12)17-14(18)9(2)19/h3-6,9,19H,7,15H2,1-2H3. The number of benzene rings is 1. The molecular weight excluding hydrogens is 272 g/mol. The summed E-state index contributed by atoms with van der Waals surface area (Å²) in [5.41, 5.74) is 8.23. The number of nitrogens with two attached hydrogens (primary N) is 1. The Bertz CT molecular complexity index is 760. The molecule has 0 bridgehead atoms. The first-order valence-electron chi connectivity index (χ1n) is 6.39. The number of nitrogen functional groups attached to an aromatic ring is 1. The molecule has 0 saturated carbocycles. The lowest BCUT2D eigenvalue weighted by molar-refractivity contribution is 0.185. The molecule has 1 unspecified atom stereocenters. The molecule has 3 rings (SSSR count). The van der Waals surface area contributed by atoms with Crippen LogP contribution in [0.4, 0.5) is 5.69 Å². The van der Waals surface area contributed by atoms with E-state index in [1.807, 2.05) is 35.9 Å². The number of hydrogen-bond acceptors (Lipinski definition) is 5. The number of rotatable bonds is 3. The summed E-state index contributed by atoms with van der Waals surface area (Å²) in [6.45, 7) is 4.36. The Morgan fingerprint density at radius 2 is 2.25 bits per heavy atom. The second kappa shape index (κ2) is 4.88. The summed E-state index contributed by atoms with van der Waals surface area (Å²) in [6, 6.07) is 5.61. The van der Waals surface area contributed by atoms with Gasteiger partial charge in [0.15, 0.2) is 0 Å². The van der Waals surface area contributed by atoms with Gasteiger partial charge in [-0.15, -0.1) is 11.3 Å². The Balaban J connectivity index is 2.13. The van der Waals surface area contributed by atoms with E-state index in [4.69, 9.17) is 5.73 Å². The molecule has 6 heteroatoms. The van der Waals surface area contributed by atoms with Crippen LogP contribution >= 0.6 is 11.3 Å². The van der Waals surface area contributed by atoms with Crippen LogP contribution in [0.5, 0.6) is 0 Å². The number of thiazole rings is 1. The zero-order valence-electron chi connectivity index (χ0n) is 11.4. The molecule has 104 valence electrons. The van der Waals surface area contributed by atoms with Gasteiger partial charge in [-0.25, -0.2) is 9.97 Å². The highest BCUT2D eigenvalue weighted by molar-refractivity contribution is 7.11. The number of hydrogen-bond donors (Lipinski definition) is 2. The third-order valence-corrected chi connectivity index (χ3v) is 4.04. The number of fused-ring (bicyclic) bond motifs is 1. The normalized spacial score (nSPS) is 12.9. The number of imidazole rings is 1. The number of nitrogens with zero attached hydrogens (tertiary/aromatic N) is 3. The van der Waals surface area contributed by atoms with Crippen LogP contribution < -0.4 is 5.73 Å². The van der Waals surface area contributed by atoms with E-state index in [-0.39, 0.29) is 0 Å². The number of aromatic nitrogens is 3. The molecule has 5 nitrogen and oxygen atoms in total. The van der Waals surface area contributed by atoms with Crippen molar-refractivity contribution in [3.8, 4) is 0 Å². The SMILES string of the molecule is Cc1cnc(Cn2c(C(C)O)nc3cc(N)ccc32)s1. The molecule has 3 aromatic rings. The maximum Gasteiger partial charge on any atom is 0.138 e. The predicted molar refractivity (Wildman–Crippen MR) is 80.7 cm³/mol. The van der Waals surface area contributed by atoms with Crippen LogP contribution in [0.25, 0.3) is 11.0 Å². The van der Waals surface area contributed by atoms with E-state index in [1.54, 1.807) is 18.3 Å². The average Bonchev–Trinajstić information content (AvgIpc) is 2.94. The molecular formula is C14H16N4OS. The van der Waals surface area contributed by atoms with E-state index in [1.165, 1.54) is 4.88 Å². The molecule has 2 heterocycles. The first kappa shape index (κ1) is 13.1. The molecule has 0 aliphatic rings. The molecule has 2 aromatic heterocycles. The van der Waals surface area contributed by atoms with Crippen LogP contribution in [-0.4, -0.2) is 19.6 Å². The number of aliphatic hydroxyl groups excluding tert-OH is 1. The Hall–Kier alpha value is -1.92. The van der Waals surface area contributed by atoms with Crippen molar-refractivity contribution in [3.05, 3.63) is 40.1 Å². The molecule has 0 saturated heterocycles. The van der Waals surface area contributed by atoms with Crippen molar-refractivity contribution in [1.82, 2.24) is 14.5 Å². The first-order chi connectivity index (χ1) is 9.54. The van der Waals surface area contributed by atoms with Crippen LogP contribution in [0.1, 0.15) is 28.7 Å². The summed E-state index contributed by atoms with van der Waals surface area (Å²) < 4.78 is 2.00. The summed E-state index contributed by atoms with van der Waals surface area (Å²) in [4.78, 5) is 10.0. The highest BCUT2D eigenvalue weighted by Crippen LogP contribution is 2.24. The van der Waals surface area contributed by atoms with Gasteiger partial charge in [-0.3, -0.25) is 0 Å². The topological polar surface area (TPSA) is 77.0 Å². The number of aliphatic hydroxyl groups is 1. The van der Waals surface area contributed by atoms with E-state index < -0.39 is 6.10 Å². The molecule has 0 spiro atoms. The van der Waals surface area contributed by atoms with Gasteiger partial charge in [0.1, 0.15) is 16.9 Å². The second-order valence-corrected chi connectivity index (χ2v) is 6.16. The molecule has 0 aliphatic carbocycles. The van der Waals surface area contributed by atoms with Gasteiger partial charge in [-0.2, -0.15) is 0 Å². The third-order valence-electron chi connectivity index (χ3n) is 3.14. The fourth-order valence-corrected chi connectivity index (χ4v) is 3.04. The Morgan fingerprint density at radius 1 is 1.45 bits per heavy atom. The van der Waals surface area contributed by atoms with E-state index in [0.29, 0.717) is 18.1 Å². The van der Waals surface area contributed by atoms with Crippen molar-refractivity contribution in [3.63, 3.8) is 0 Å². The molecule has 0 amide bonds. The summed E-state index contributed by atoms with van der Waals surface area (Å²) in [6.07, 6.45) is 1.23. The highest BCUT2D eigenvalue weighted by atomic mass is 32.1. The van der Waals surface area contributed by atoms with E-state index >= 15 is 0 Å². The fourth-order valence-electron chi connectivity index (χ4n) is 2.26. The Morgan fingerprint density at radius 3 is 2.90 bits per heavy atom. The number of aryl methyl sites for hydroxylation is 1. The molecule has 1 atom stereocenters. The zero-order chi connectivity index (χ0) is 14.3. The van der Waals surface area contributed by atoms with Gasteiger partial charge in [-0.1, -0.05) is 0 Å². The second-order valence-electron chi connectivity index (χ2n) is 4.84. The lowest BCUT2D eigenvalue weighted by Crippen LogP contribution is -2.07. The largest absolute Gasteiger partial charge is 0.399 e. The molecule has 3 N–H and O–H groups in total. The minimum atomic E-state index is -0.635. The Labute approximate surface area is 120 Å². The third kappa shape index (κ3) is 2.28. The van der Waals surface area contributed by atoms with Gasteiger partial charge in [0, 0.05) is 16.8 Å². The van der Waals surface area contributed by atoms with Crippen LogP contribution in [0.3, 0.4) is 0 Å². The zero-order valence-corrected chi connectivity index (χ0v) is 12.2. The predicted octanol–water partition coefficient (Wildman–Crippen LogP) is 2.49. The van der Waals surface area contributed by atoms with E-state index in [0.717, 1.165) is 16.0 Å². The van der Waals surface area contributed by atoms with Crippen molar-refractivity contribution in [2.24, 2.45) is 0 Å². The molecule has 20 heavy (non-hydrogen) atoms. The van der Waals surface area contributed by atoms with Gasteiger partial charge >= 0.3 is 0 Å². The van der Waals surface area contributed by atoms with Gasteiger partial charge in [0.05, 0.1) is 17.6 Å². The van der Waals surface area contributed by atoms with Crippen LogP contribution in [0.2, 0.25) is 0 Å². The fraction of sp³-hybridized carbons (Fsp3) is 0.286. The maximum atomic E-state index is 9.93. The summed E-state index contributed by atoms with van der Waals surface area (Å²) in [5, 5.41) is 10.9. The molecule has 0 fully saturated rings. The molecule has 0 aliphatic heterocycles. The van der Waals surface area contributed by atoms with Crippen molar-refractivity contribution < 1.29 is 5.11 Å². The van der Waals surface area contributed by atoms with Crippen molar-refractivity contribution >= 4 is 28.1 Å². The molecule has 0 radical (unpaired) electrons. The van der Waals surface area contributed by atoms with Gasteiger partial charge < -0.3 is 15.4 Å². The van der Waals surface area contributed by atoms with Crippen LogP contribution in [0, 0.1) is 6.92 Å². The molecule has 1 aromatic carbocycles. The van der Waals surface area contributed by atoms with Gasteiger partial charge in [-0.05, 0) is 32.0 Å².